The van der Waals surface area contributed by atoms with Crippen molar-refractivity contribution < 1.29 is 9.59 Å². The third-order valence-electron chi connectivity index (χ3n) is 3.67. The average Bonchev–Trinajstić information content (AvgIpc) is 3.00. The van der Waals surface area contributed by atoms with Crippen LogP contribution in [0.25, 0.3) is 0 Å². The molecule has 0 N–H and O–H groups in total. The molecule has 1 aromatic rings. The van der Waals surface area contributed by atoms with Crippen LogP contribution in [0.15, 0.2) is 24.5 Å². The largest absolute Gasteiger partial charge is 0.345 e. The highest BCUT2D eigenvalue weighted by molar-refractivity contribution is 5.96. The molecule has 0 spiro atoms. The Kier molecular flexibility index (Phi) is 5.09. The molecule has 0 atom stereocenters. The standard InChI is InChI=1S/C15H21N3O2/c1-17(11-6-13-4-7-16-8-5-13)14(19)12-15(20)18-9-2-3-10-18/h4-5,7-8H,2-3,6,9-12H2,1H3. The Morgan fingerprint density at radius 3 is 2.55 bits per heavy atom. The first-order chi connectivity index (χ1) is 9.66. The van der Waals surface area contributed by atoms with Crippen LogP contribution in [0.3, 0.4) is 0 Å². The molecule has 0 bridgehead atoms. The third-order valence-corrected chi connectivity index (χ3v) is 3.67. The van der Waals surface area contributed by atoms with Gasteiger partial charge in [0.15, 0.2) is 0 Å². The van der Waals surface area contributed by atoms with Gasteiger partial charge in [-0.05, 0) is 37.0 Å². The van der Waals surface area contributed by atoms with E-state index in [1.54, 1.807) is 29.2 Å². The summed E-state index contributed by atoms with van der Waals surface area (Å²) in [4.78, 5) is 31.3. The van der Waals surface area contributed by atoms with Gasteiger partial charge >= 0.3 is 0 Å². The molecule has 0 aromatic carbocycles. The molecule has 1 aliphatic rings. The zero-order chi connectivity index (χ0) is 14.4. The fourth-order valence-electron chi connectivity index (χ4n) is 2.31. The smallest absolute Gasteiger partial charge is 0.232 e. The Labute approximate surface area is 119 Å². The van der Waals surface area contributed by atoms with Crippen LogP contribution >= 0.6 is 0 Å². The number of hydrogen-bond donors (Lipinski definition) is 0. The number of carbonyl (C=O) groups is 2. The Morgan fingerprint density at radius 1 is 1.25 bits per heavy atom. The average molecular weight is 275 g/mol. The van der Waals surface area contributed by atoms with E-state index in [1.807, 2.05) is 12.1 Å². The summed E-state index contributed by atoms with van der Waals surface area (Å²) in [6.45, 7) is 2.22. The van der Waals surface area contributed by atoms with Gasteiger partial charge < -0.3 is 9.80 Å². The molecule has 5 heteroatoms. The molecular formula is C15H21N3O2. The normalized spacial score (nSPS) is 14.3. The maximum atomic E-state index is 12.0. The molecule has 2 amide bonds. The van der Waals surface area contributed by atoms with E-state index in [0.717, 1.165) is 37.9 Å². The predicted molar refractivity (Wildman–Crippen MR) is 76.0 cm³/mol. The lowest BCUT2D eigenvalue weighted by atomic mass is 10.2. The van der Waals surface area contributed by atoms with Crippen molar-refractivity contribution in [2.45, 2.75) is 25.7 Å². The van der Waals surface area contributed by atoms with Crippen LogP contribution in [-0.4, -0.2) is 53.3 Å². The minimum absolute atomic E-state index is 0.00710. The van der Waals surface area contributed by atoms with Crippen LogP contribution < -0.4 is 0 Å². The molecular weight excluding hydrogens is 254 g/mol. The first kappa shape index (κ1) is 14.5. The number of likely N-dealkylation sites (tertiary alicyclic amines) is 1. The molecule has 1 aliphatic heterocycles. The van der Waals surface area contributed by atoms with Crippen LogP contribution in [0, 0.1) is 0 Å². The van der Waals surface area contributed by atoms with Crippen molar-refractivity contribution in [1.29, 1.82) is 0 Å². The summed E-state index contributed by atoms with van der Waals surface area (Å²) in [7, 11) is 1.75. The van der Waals surface area contributed by atoms with Gasteiger partial charge in [-0.1, -0.05) is 0 Å². The zero-order valence-electron chi connectivity index (χ0n) is 11.9. The van der Waals surface area contributed by atoms with E-state index in [0.29, 0.717) is 6.54 Å². The first-order valence-electron chi connectivity index (χ1n) is 7.07. The monoisotopic (exact) mass is 275 g/mol. The summed E-state index contributed by atoms with van der Waals surface area (Å²) >= 11 is 0. The summed E-state index contributed by atoms with van der Waals surface area (Å²) in [5, 5.41) is 0. The highest BCUT2D eigenvalue weighted by Crippen LogP contribution is 2.09. The number of hydrogen-bond acceptors (Lipinski definition) is 3. The number of nitrogens with zero attached hydrogens (tertiary/aromatic N) is 3. The van der Waals surface area contributed by atoms with Crippen LogP contribution in [0.2, 0.25) is 0 Å². The molecule has 108 valence electrons. The Hall–Kier alpha value is -1.91. The maximum absolute atomic E-state index is 12.0. The molecule has 2 rings (SSSR count). The number of carbonyl (C=O) groups excluding carboxylic acids is 2. The first-order valence-corrected chi connectivity index (χ1v) is 7.07. The second-order valence-corrected chi connectivity index (χ2v) is 5.19. The van der Waals surface area contributed by atoms with Crippen molar-refractivity contribution in [1.82, 2.24) is 14.8 Å². The molecule has 0 unspecified atom stereocenters. The Balaban J connectivity index is 1.75. The third kappa shape index (κ3) is 4.05. The van der Waals surface area contributed by atoms with E-state index in [4.69, 9.17) is 0 Å². The van der Waals surface area contributed by atoms with E-state index in [9.17, 15) is 9.59 Å². The summed E-state index contributed by atoms with van der Waals surface area (Å²) in [6.07, 6.45) is 6.37. The maximum Gasteiger partial charge on any atom is 0.232 e. The van der Waals surface area contributed by atoms with Gasteiger partial charge in [-0.15, -0.1) is 0 Å². The topological polar surface area (TPSA) is 53.5 Å². The van der Waals surface area contributed by atoms with E-state index in [1.165, 1.54) is 0 Å². The summed E-state index contributed by atoms with van der Waals surface area (Å²) in [5.41, 5.74) is 1.14. The Bertz CT molecular complexity index is 455. The molecule has 1 fully saturated rings. The van der Waals surface area contributed by atoms with Gasteiger partial charge in [-0.3, -0.25) is 14.6 Å². The van der Waals surface area contributed by atoms with Crippen LogP contribution in [0.1, 0.15) is 24.8 Å². The molecule has 1 aromatic heterocycles. The summed E-state index contributed by atoms with van der Waals surface area (Å²) in [6, 6.07) is 3.88. The van der Waals surface area contributed by atoms with Gasteiger partial charge in [-0.2, -0.15) is 0 Å². The Morgan fingerprint density at radius 2 is 1.90 bits per heavy atom. The van der Waals surface area contributed by atoms with Crippen molar-refractivity contribution in [3.63, 3.8) is 0 Å². The molecule has 0 saturated carbocycles. The highest BCUT2D eigenvalue weighted by Gasteiger charge is 2.21. The molecule has 0 radical (unpaired) electrons. The quantitative estimate of drug-likeness (QED) is 0.756. The minimum Gasteiger partial charge on any atom is -0.345 e. The fraction of sp³-hybridized carbons (Fsp3) is 0.533. The predicted octanol–water partition coefficient (Wildman–Crippen LogP) is 1.09. The number of rotatable bonds is 5. The van der Waals surface area contributed by atoms with Crippen molar-refractivity contribution in [2.75, 3.05) is 26.7 Å². The molecule has 0 aliphatic carbocycles. The second kappa shape index (κ2) is 7.03. The number of pyridine rings is 1. The minimum atomic E-state index is -0.101. The number of aromatic nitrogens is 1. The van der Waals surface area contributed by atoms with E-state index >= 15 is 0 Å². The van der Waals surface area contributed by atoms with Gasteiger partial charge in [0.25, 0.3) is 0 Å². The lowest BCUT2D eigenvalue weighted by Crippen LogP contribution is -2.35. The van der Waals surface area contributed by atoms with Crippen molar-refractivity contribution in [2.24, 2.45) is 0 Å². The van der Waals surface area contributed by atoms with Crippen molar-refractivity contribution in [3.05, 3.63) is 30.1 Å². The summed E-state index contributed by atoms with van der Waals surface area (Å²) in [5.74, 6) is -0.140. The lowest BCUT2D eigenvalue weighted by Gasteiger charge is -2.19. The van der Waals surface area contributed by atoms with Crippen molar-refractivity contribution >= 4 is 11.8 Å². The van der Waals surface area contributed by atoms with Crippen LogP contribution in [0.5, 0.6) is 0 Å². The molecule has 1 saturated heterocycles. The van der Waals surface area contributed by atoms with Crippen LogP contribution in [0.4, 0.5) is 0 Å². The van der Waals surface area contributed by atoms with Gasteiger partial charge in [0, 0.05) is 39.1 Å². The number of likely N-dealkylation sites (N-methyl/N-ethyl adjacent to an activating group) is 1. The van der Waals surface area contributed by atoms with E-state index in [2.05, 4.69) is 4.98 Å². The van der Waals surface area contributed by atoms with Gasteiger partial charge in [-0.25, -0.2) is 0 Å². The van der Waals surface area contributed by atoms with E-state index < -0.39 is 0 Å². The molecule has 2 heterocycles. The second-order valence-electron chi connectivity index (χ2n) is 5.19. The van der Waals surface area contributed by atoms with Gasteiger partial charge in [0.2, 0.25) is 11.8 Å². The van der Waals surface area contributed by atoms with Crippen molar-refractivity contribution in [3.8, 4) is 0 Å². The van der Waals surface area contributed by atoms with Gasteiger partial charge in [0.1, 0.15) is 6.42 Å². The zero-order valence-corrected chi connectivity index (χ0v) is 11.9. The SMILES string of the molecule is CN(CCc1ccncc1)C(=O)CC(=O)N1CCCC1. The van der Waals surface area contributed by atoms with Crippen LogP contribution in [-0.2, 0) is 16.0 Å². The van der Waals surface area contributed by atoms with Gasteiger partial charge in [0.05, 0.1) is 0 Å². The number of amides is 2. The molecule has 5 nitrogen and oxygen atoms in total. The molecule has 20 heavy (non-hydrogen) atoms. The summed E-state index contributed by atoms with van der Waals surface area (Å²) < 4.78 is 0. The fourth-order valence-corrected chi connectivity index (χ4v) is 2.31. The van der Waals surface area contributed by atoms with E-state index in [-0.39, 0.29) is 18.2 Å². The lowest BCUT2D eigenvalue weighted by molar-refractivity contribution is -0.139. The highest BCUT2D eigenvalue weighted by atomic mass is 16.2.